The second-order valence-corrected chi connectivity index (χ2v) is 7.80. The molecule has 1 aromatic heterocycles. The van der Waals surface area contributed by atoms with Gasteiger partial charge in [0.05, 0.1) is 23.2 Å². The van der Waals surface area contributed by atoms with Crippen LogP contribution in [-0.2, 0) is 12.3 Å². The van der Waals surface area contributed by atoms with Crippen LogP contribution in [0, 0.1) is 0 Å². The van der Waals surface area contributed by atoms with Gasteiger partial charge in [-0.3, -0.25) is 0 Å². The van der Waals surface area contributed by atoms with Crippen molar-refractivity contribution < 1.29 is 9.84 Å². The predicted molar refractivity (Wildman–Crippen MR) is 110 cm³/mol. The van der Waals surface area contributed by atoms with E-state index >= 15 is 0 Å². The Balaban J connectivity index is 1.55. The molecule has 2 aromatic rings. The van der Waals surface area contributed by atoms with E-state index in [9.17, 15) is 0 Å². The fraction of sp³-hybridized carbons (Fsp3) is 0.571. The molecule has 1 N–H and O–H groups in total. The maximum Gasteiger partial charge on any atom is 0.119 e. The molecular formula is C21H30ClNO2S. The number of aromatic nitrogens is 1. The van der Waals surface area contributed by atoms with Gasteiger partial charge < -0.3 is 9.84 Å². The number of aliphatic hydroxyl groups is 1. The standard InChI is InChI=1S/C21H30ClNO2S/c22-16-19-17-26-21(23-19)15-18-9-11-20(12-10-18)25-14-8-6-4-2-1-3-5-7-13-24/h9-12,17,24H,1-8,13-16H2. The topological polar surface area (TPSA) is 42.4 Å². The average molecular weight is 396 g/mol. The number of alkyl halides is 1. The summed E-state index contributed by atoms with van der Waals surface area (Å²) >= 11 is 7.46. The average Bonchev–Trinajstić information content (AvgIpc) is 3.12. The highest BCUT2D eigenvalue weighted by Crippen LogP contribution is 2.19. The van der Waals surface area contributed by atoms with Crippen molar-refractivity contribution in [2.24, 2.45) is 0 Å². The summed E-state index contributed by atoms with van der Waals surface area (Å²) in [6.07, 6.45) is 10.4. The zero-order valence-electron chi connectivity index (χ0n) is 15.5. The zero-order valence-corrected chi connectivity index (χ0v) is 17.0. The molecule has 0 aliphatic rings. The molecule has 144 valence electrons. The van der Waals surface area contributed by atoms with E-state index in [1.54, 1.807) is 11.3 Å². The van der Waals surface area contributed by atoms with Crippen molar-refractivity contribution in [2.45, 2.75) is 63.7 Å². The summed E-state index contributed by atoms with van der Waals surface area (Å²) in [6, 6.07) is 8.33. The van der Waals surface area contributed by atoms with E-state index < -0.39 is 0 Å². The molecule has 2 rings (SSSR count). The van der Waals surface area contributed by atoms with Crippen molar-refractivity contribution in [3.05, 3.63) is 45.9 Å². The van der Waals surface area contributed by atoms with Gasteiger partial charge in [0.2, 0.25) is 0 Å². The smallest absolute Gasteiger partial charge is 0.119 e. The number of hydrogen-bond acceptors (Lipinski definition) is 4. The van der Waals surface area contributed by atoms with Crippen molar-refractivity contribution in [2.75, 3.05) is 13.2 Å². The molecule has 1 aromatic carbocycles. The molecule has 0 unspecified atom stereocenters. The molecule has 26 heavy (non-hydrogen) atoms. The highest BCUT2D eigenvalue weighted by Gasteiger charge is 2.03. The predicted octanol–water partition coefficient (Wildman–Crippen LogP) is 5.96. The first-order valence-corrected chi connectivity index (χ1v) is 11.0. The summed E-state index contributed by atoms with van der Waals surface area (Å²) in [5.74, 6) is 1.42. The number of hydrogen-bond donors (Lipinski definition) is 1. The molecule has 5 heteroatoms. The fourth-order valence-electron chi connectivity index (χ4n) is 2.83. The van der Waals surface area contributed by atoms with E-state index in [1.807, 2.05) is 17.5 Å². The molecule has 1 heterocycles. The maximum absolute atomic E-state index is 8.73. The number of ether oxygens (including phenoxy) is 1. The van der Waals surface area contributed by atoms with Crippen LogP contribution in [0.25, 0.3) is 0 Å². The number of rotatable bonds is 14. The van der Waals surface area contributed by atoms with Gasteiger partial charge in [-0.25, -0.2) is 4.98 Å². The fourth-order valence-corrected chi connectivity index (χ4v) is 3.89. The summed E-state index contributed by atoms with van der Waals surface area (Å²) in [5.41, 5.74) is 2.20. The van der Waals surface area contributed by atoms with E-state index in [-0.39, 0.29) is 0 Å². The van der Waals surface area contributed by atoms with Crippen LogP contribution >= 0.6 is 22.9 Å². The molecule has 0 aliphatic carbocycles. The number of thiazole rings is 1. The molecule has 0 bridgehead atoms. The Kier molecular flexibility index (Phi) is 10.7. The summed E-state index contributed by atoms with van der Waals surface area (Å²) in [6.45, 7) is 1.12. The van der Waals surface area contributed by atoms with Crippen LogP contribution in [0.5, 0.6) is 5.75 Å². The Hall–Kier alpha value is -1.10. The minimum atomic E-state index is 0.332. The Morgan fingerprint density at radius 2 is 1.58 bits per heavy atom. The lowest BCUT2D eigenvalue weighted by Gasteiger charge is -2.07. The first-order valence-electron chi connectivity index (χ1n) is 9.63. The third-order valence-electron chi connectivity index (χ3n) is 4.34. The van der Waals surface area contributed by atoms with Crippen molar-refractivity contribution in [1.82, 2.24) is 4.98 Å². The molecule has 0 saturated carbocycles. The lowest BCUT2D eigenvalue weighted by Crippen LogP contribution is -1.97. The zero-order chi connectivity index (χ0) is 18.5. The number of benzene rings is 1. The van der Waals surface area contributed by atoms with E-state index in [1.165, 1.54) is 37.7 Å². The molecule has 0 saturated heterocycles. The summed E-state index contributed by atoms with van der Waals surface area (Å²) in [4.78, 5) is 4.50. The minimum Gasteiger partial charge on any atom is -0.494 e. The van der Waals surface area contributed by atoms with Crippen LogP contribution in [0.15, 0.2) is 29.6 Å². The van der Waals surface area contributed by atoms with Crippen LogP contribution in [0.4, 0.5) is 0 Å². The van der Waals surface area contributed by atoms with Crippen LogP contribution in [0.3, 0.4) is 0 Å². The van der Waals surface area contributed by atoms with Gasteiger partial charge in [-0.1, -0.05) is 50.7 Å². The summed E-state index contributed by atoms with van der Waals surface area (Å²) in [7, 11) is 0. The third-order valence-corrected chi connectivity index (χ3v) is 5.51. The lowest BCUT2D eigenvalue weighted by molar-refractivity contribution is 0.282. The molecule has 0 aliphatic heterocycles. The van der Waals surface area contributed by atoms with Crippen LogP contribution in [0.2, 0.25) is 0 Å². The number of aliphatic hydroxyl groups excluding tert-OH is 1. The third kappa shape index (κ3) is 8.52. The number of unbranched alkanes of at least 4 members (excludes halogenated alkanes) is 7. The van der Waals surface area contributed by atoms with E-state index in [0.717, 1.165) is 48.7 Å². The van der Waals surface area contributed by atoms with Gasteiger partial charge in [0.1, 0.15) is 5.75 Å². The first kappa shape index (κ1) is 21.2. The van der Waals surface area contributed by atoms with Crippen LogP contribution in [-0.4, -0.2) is 23.3 Å². The van der Waals surface area contributed by atoms with Crippen LogP contribution in [0.1, 0.15) is 67.6 Å². The SMILES string of the molecule is OCCCCCCCCCCOc1ccc(Cc2nc(CCl)cs2)cc1. The van der Waals surface area contributed by atoms with Gasteiger partial charge >= 0.3 is 0 Å². The highest BCUT2D eigenvalue weighted by molar-refractivity contribution is 7.09. The van der Waals surface area contributed by atoms with E-state index in [0.29, 0.717) is 12.5 Å². The van der Waals surface area contributed by atoms with Gasteiger partial charge in [0.25, 0.3) is 0 Å². The number of halogens is 1. The molecule has 0 amide bonds. The van der Waals surface area contributed by atoms with E-state index in [2.05, 4.69) is 17.1 Å². The van der Waals surface area contributed by atoms with Gasteiger partial charge in [-0.2, -0.15) is 0 Å². The van der Waals surface area contributed by atoms with Crippen molar-refractivity contribution in [3.63, 3.8) is 0 Å². The molecule has 0 spiro atoms. The largest absolute Gasteiger partial charge is 0.494 e. The van der Waals surface area contributed by atoms with Crippen molar-refractivity contribution in [1.29, 1.82) is 0 Å². The van der Waals surface area contributed by atoms with Crippen LogP contribution < -0.4 is 4.74 Å². The van der Waals surface area contributed by atoms with E-state index in [4.69, 9.17) is 21.4 Å². The molecule has 0 fully saturated rings. The summed E-state index contributed by atoms with van der Waals surface area (Å²) < 4.78 is 5.83. The molecule has 3 nitrogen and oxygen atoms in total. The highest BCUT2D eigenvalue weighted by atomic mass is 35.5. The monoisotopic (exact) mass is 395 g/mol. The van der Waals surface area contributed by atoms with Gasteiger partial charge in [0, 0.05) is 18.4 Å². The second kappa shape index (κ2) is 13.1. The van der Waals surface area contributed by atoms with Crippen molar-refractivity contribution in [3.8, 4) is 5.75 Å². The lowest BCUT2D eigenvalue weighted by atomic mass is 10.1. The van der Waals surface area contributed by atoms with Gasteiger partial charge in [0.15, 0.2) is 0 Å². The molecule has 0 atom stereocenters. The molecular weight excluding hydrogens is 366 g/mol. The maximum atomic E-state index is 8.73. The summed E-state index contributed by atoms with van der Waals surface area (Å²) in [5, 5.41) is 11.9. The second-order valence-electron chi connectivity index (χ2n) is 6.59. The Morgan fingerprint density at radius 3 is 2.19 bits per heavy atom. The van der Waals surface area contributed by atoms with Gasteiger partial charge in [-0.05, 0) is 30.5 Å². The minimum absolute atomic E-state index is 0.332. The quantitative estimate of drug-likeness (QED) is 0.316. The number of nitrogens with zero attached hydrogens (tertiary/aromatic N) is 1. The Labute approximate surface area is 166 Å². The van der Waals surface area contributed by atoms with Crippen molar-refractivity contribution >= 4 is 22.9 Å². The Bertz CT molecular complexity index is 600. The normalized spacial score (nSPS) is 11.0. The van der Waals surface area contributed by atoms with Gasteiger partial charge in [-0.15, -0.1) is 22.9 Å². The Morgan fingerprint density at radius 1 is 0.923 bits per heavy atom. The molecule has 0 radical (unpaired) electrons. The first-order chi connectivity index (χ1) is 12.8.